The molecule has 0 aliphatic rings. The molecular weight excluding hydrogens is 344 g/mol. The monoisotopic (exact) mass is 370 g/mol. The van der Waals surface area contributed by atoms with Gasteiger partial charge in [-0.1, -0.05) is 63.9 Å². The predicted molar refractivity (Wildman–Crippen MR) is 103 cm³/mol. The van der Waals surface area contributed by atoms with Crippen LogP contribution in [0.2, 0.25) is 5.15 Å². The first-order valence-electron chi connectivity index (χ1n) is 8.06. The minimum absolute atomic E-state index is 0.000794. The maximum absolute atomic E-state index is 9.03. The van der Waals surface area contributed by atoms with Gasteiger partial charge in [0.1, 0.15) is 11.0 Å². The summed E-state index contributed by atoms with van der Waals surface area (Å²) in [5, 5.41) is 9.86. The van der Waals surface area contributed by atoms with Gasteiger partial charge < -0.3 is 10.8 Å². The van der Waals surface area contributed by atoms with Crippen molar-refractivity contribution in [2.24, 2.45) is 0 Å². The van der Waals surface area contributed by atoms with Crippen LogP contribution in [0.1, 0.15) is 51.8 Å². The molecule has 134 valence electrons. The fourth-order valence-corrected chi connectivity index (χ4v) is 2.33. The van der Waals surface area contributed by atoms with Crippen LogP contribution in [0.4, 0.5) is 5.82 Å². The van der Waals surface area contributed by atoms with Gasteiger partial charge in [0.25, 0.3) is 0 Å². The number of nitrogens with zero attached hydrogens (tertiary/aromatic N) is 3. The zero-order chi connectivity index (χ0) is 18.4. The summed E-state index contributed by atoms with van der Waals surface area (Å²) >= 11 is 7.18. The van der Waals surface area contributed by atoms with Crippen molar-refractivity contribution in [3.63, 3.8) is 0 Å². The molecule has 5 nitrogen and oxygen atoms in total. The number of halogens is 1. The molecule has 2 aromatic rings. The van der Waals surface area contributed by atoms with Crippen molar-refractivity contribution in [3.8, 4) is 0 Å². The Morgan fingerprint density at radius 2 is 1.83 bits per heavy atom. The molecule has 0 aromatic carbocycles. The number of aromatic nitrogens is 3. The summed E-state index contributed by atoms with van der Waals surface area (Å²) in [6.45, 7) is 8.36. The zero-order valence-corrected chi connectivity index (χ0v) is 16.4. The summed E-state index contributed by atoms with van der Waals surface area (Å²) in [6.07, 6.45) is 4.30. The van der Waals surface area contributed by atoms with Gasteiger partial charge in [-0.3, -0.25) is 4.98 Å². The highest BCUT2D eigenvalue weighted by Crippen LogP contribution is 2.21. The SMILES string of the molecule is CC.CCCC.Nc1cc(Cl)nc(SCc2cc(CO)ccn2)n1. The first kappa shape index (κ1) is 22.6. The zero-order valence-electron chi connectivity index (χ0n) is 14.8. The second kappa shape index (κ2) is 14.0. The van der Waals surface area contributed by atoms with E-state index in [1.165, 1.54) is 30.7 Å². The average molecular weight is 371 g/mol. The highest BCUT2D eigenvalue weighted by molar-refractivity contribution is 7.98. The van der Waals surface area contributed by atoms with E-state index in [4.69, 9.17) is 22.4 Å². The summed E-state index contributed by atoms with van der Waals surface area (Å²) in [4.78, 5) is 12.3. The Morgan fingerprint density at radius 3 is 2.38 bits per heavy atom. The standard InChI is InChI=1S/C11H11ClN4OS.C4H10.C2H6/c12-9-4-10(13)16-11(15-9)18-6-8-3-7(5-17)1-2-14-8;1-3-4-2;1-2/h1-4,17H,5-6H2,(H2,13,15,16);3-4H2,1-2H3;1-2H3. The number of thioether (sulfide) groups is 1. The molecule has 2 heterocycles. The van der Waals surface area contributed by atoms with Gasteiger partial charge in [0.15, 0.2) is 5.16 Å². The van der Waals surface area contributed by atoms with Crippen LogP contribution < -0.4 is 5.73 Å². The third-order valence-electron chi connectivity index (χ3n) is 2.61. The van der Waals surface area contributed by atoms with Crippen molar-refractivity contribution < 1.29 is 5.11 Å². The van der Waals surface area contributed by atoms with E-state index in [1.54, 1.807) is 12.3 Å². The van der Waals surface area contributed by atoms with Gasteiger partial charge in [-0.05, 0) is 17.7 Å². The van der Waals surface area contributed by atoms with E-state index in [-0.39, 0.29) is 6.61 Å². The van der Waals surface area contributed by atoms with E-state index in [0.717, 1.165) is 11.3 Å². The highest BCUT2D eigenvalue weighted by Gasteiger charge is 2.04. The van der Waals surface area contributed by atoms with Gasteiger partial charge in [-0.15, -0.1) is 0 Å². The molecule has 0 aliphatic carbocycles. The molecular formula is C17H27ClN4OS. The molecule has 0 fully saturated rings. The summed E-state index contributed by atoms with van der Waals surface area (Å²) in [6, 6.07) is 5.10. The second-order valence-corrected chi connectivity index (χ2v) is 5.83. The fraction of sp³-hybridized carbons (Fsp3) is 0.471. The number of hydrogen-bond donors (Lipinski definition) is 2. The molecule has 7 heteroatoms. The molecule has 0 spiro atoms. The number of nitrogens with two attached hydrogens (primary N) is 1. The first-order valence-corrected chi connectivity index (χ1v) is 9.42. The molecule has 0 bridgehead atoms. The van der Waals surface area contributed by atoms with Crippen molar-refractivity contribution >= 4 is 29.2 Å². The average Bonchev–Trinajstić information content (AvgIpc) is 2.61. The van der Waals surface area contributed by atoms with Crippen molar-refractivity contribution in [2.75, 3.05) is 5.73 Å². The topological polar surface area (TPSA) is 84.9 Å². The molecule has 2 aromatic heterocycles. The molecule has 2 rings (SSSR count). The number of hydrogen-bond acceptors (Lipinski definition) is 6. The van der Waals surface area contributed by atoms with Gasteiger partial charge in [0.2, 0.25) is 0 Å². The lowest BCUT2D eigenvalue weighted by molar-refractivity contribution is 0.281. The van der Waals surface area contributed by atoms with E-state index in [0.29, 0.717) is 21.9 Å². The molecule has 0 aliphatic heterocycles. The molecule has 0 unspecified atom stereocenters. The number of aliphatic hydroxyl groups is 1. The van der Waals surface area contributed by atoms with Crippen LogP contribution in [-0.2, 0) is 12.4 Å². The molecule has 0 saturated carbocycles. The minimum atomic E-state index is 0.000794. The molecule has 3 N–H and O–H groups in total. The quantitative estimate of drug-likeness (QED) is 0.449. The minimum Gasteiger partial charge on any atom is -0.392 e. The van der Waals surface area contributed by atoms with E-state index >= 15 is 0 Å². The van der Waals surface area contributed by atoms with Crippen LogP contribution in [0.25, 0.3) is 0 Å². The summed E-state index contributed by atoms with van der Waals surface area (Å²) in [7, 11) is 0. The Morgan fingerprint density at radius 1 is 1.17 bits per heavy atom. The molecule has 0 atom stereocenters. The maximum atomic E-state index is 9.03. The predicted octanol–water partition coefficient (Wildman–Crippen LogP) is 4.72. The van der Waals surface area contributed by atoms with Gasteiger partial charge >= 0.3 is 0 Å². The molecule has 24 heavy (non-hydrogen) atoms. The third kappa shape index (κ3) is 9.70. The Hall–Kier alpha value is -1.37. The van der Waals surface area contributed by atoms with Crippen LogP contribution in [0.3, 0.4) is 0 Å². The maximum Gasteiger partial charge on any atom is 0.191 e. The number of rotatable bonds is 5. The second-order valence-electron chi connectivity index (χ2n) is 4.50. The smallest absolute Gasteiger partial charge is 0.191 e. The summed E-state index contributed by atoms with van der Waals surface area (Å²) < 4.78 is 0. The Bertz CT molecular complexity index is 562. The lowest BCUT2D eigenvalue weighted by atomic mass is 10.2. The van der Waals surface area contributed by atoms with Crippen LogP contribution in [0.5, 0.6) is 0 Å². The molecule has 0 saturated heterocycles. The largest absolute Gasteiger partial charge is 0.392 e. The molecule has 0 amide bonds. The first-order chi connectivity index (χ1) is 11.6. The van der Waals surface area contributed by atoms with Gasteiger partial charge in [0.05, 0.1) is 12.3 Å². The number of nitrogen functional groups attached to an aromatic ring is 1. The highest BCUT2D eigenvalue weighted by atomic mass is 35.5. The van der Waals surface area contributed by atoms with Gasteiger partial charge in [0, 0.05) is 18.0 Å². The summed E-state index contributed by atoms with van der Waals surface area (Å²) in [5.41, 5.74) is 7.24. The van der Waals surface area contributed by atoms with Gasteiger partial charge in [-0.25, -0.2) is 9.97 Å². The van der Waals surface area contributed by atoms with Gasteiger partial charge in [-0.2, -0.15) is 0 Å². The van der Waals surface area contributed by atoms with Crippen molar-refractivity contribution in [3.05, 3.63) is 40.8 Å². The van der Waals surface area contributed by atoms with Crippen molar-refractivity contribution in [2.45, 2.75) is 58.1 Å². The Balaban J connectivity index is 0.000000773. The van der Waals surface area contributed by atoms with Crippen LogP contribution in [0, 0.1) is 0 Å². The Kier molecular flexibility index (Phi) is 13.2. The van der Waals surface area contributed by atoms with Crippen molar-refractivity contribution in [1.82, 2.24) is 15.0 Å². The van der Waals surface area contributed by atoms with Crippen LogP contribution in [0.15, 0.2) is 29.6 Å². The van der Waals surface area contributed by atoms with E-state index in [9.17, 15) is 0 Å². The Labute approximate surface area is 154 Å². The van der Waals surface area contributed by atoms with Crippen LogP contribution in [-0.4, -0.2) is 20.1 Å². The number of anilines is 1. The molecule has 0 radical (unpaired) electrons. The third-order valence-corrected chi connectivity index (χ3v) is 3.68. The van der Waals surface area contributed by atoms with Crippen molar-refractivity contribution in [1.29, 1.82) is 0 Å². The number of unbranched alkanes of at least 4 members (excludes halogenated alkanes) is 1. The lowest BCUT2D eigenvalue weighted by Crippen LogP contribution is -1.96. The fourth-order valence-electron chi connectivity index (χ4n) is 1.32. The normalized spacial score (nSPS) is 9.42. The number of pyridine rings is 1. The van der Waals surface area contributed by atoms with E-state index in [1.807, 2.05) is 19.9 Å². The lowest BCUT2D eigenvalue weighted by Gasteiger charge is -2.03. The van der Waals surface area contributed by atoms with Crippen LogP contribution >= 0.6 is 23.4 Å². The number of aliphatic hydroxyl groups excluding tert-OH is 1. The van der Waals surface area contributed by atoms with E-state index in [2.05, 4.69) is 28.8 Å². The summed E-state index contributed by atoms with van der Waals surface area (Å²) in [5.74, 6) is 0.933. The van der Waals surface area contributed by atoms with E-state index < -0.39 is 0 Å².